The summed E-state index contributed by atoms with van der Waals surface area (Å²) < 4.78 is 22.7. The number of nitrogens with zero attached hydrogens (tertiary/aromatic N) is 1. The van der Waals surface area contributed by atoms with Gasteiger partial charge in [-0.3, -0.25) is 9.59 Å². The molecular formula is C54H86NO8+. The van der Waals surface area contributed by atoms with Crippen LogP contribution < -0.4 is 0 Å². The number of ether oxygens (including phenoxy) is 4. The third kappa shape index (κ3) is 45.5. The largest absolute Gasteiger partial charge is 0.477 e. The molecule has 9 heteroatoms. The van der Waals surface area contributed by atoms with Crippen molar-refractivity contribution in [1.29, 1.82) is 0 Å². The molecule has 0 heterocycles. The molecule has 1 N–H and O–H groups in total. The van der Waals surface area contributed by atoms with Gasteiger partial charge in [0.2, 0.25) is 0 Å². The molecule has 0 spiro atoms. The summed E-state index contributed by atoms with van der Waals surface area (Å²) in [6.45, 7) is 4.52. The number of quaternary nitrogens is 1. The van der Waals surface area contributed by atoms with Crippen LogP contribution in [0.25, 0.3) is 0 Å². The van der Waals surface area contributed by atoms with E-state index in [1.54, 1.807) is 0 Å². The minimum atomic E-state index is -1.54. The second-order valence-electron chi connectivity index (χ2n) is 16.3. The fraction of sp³-hybridized carbons (Fsp3) is 0.574. The van der Waals surface area contributed by atoms with Crippen LogP contribution >= 0.6 is 0 Å². The van der Waals surface area contributed by atoms with Crippen molar-refractivity contribution in [2.75, 3.05) is 47.5 Å². The summed E-state index contributed by atoms with van der Waals surface area (Å²) in [4.78, 5) is 37.2. The molecule has 0 fully saturated rings. The molecule has 354 valence electrons. The molecule has 63 heavy (non-hydrogen) atoms. The third-order valence-electron chi connectivity index (χ3n) is 9.21. The van der Waals surface area contributed by atoms with Crippen molar-refractivity contribution in [3.05, 3.63) is 122 Å². The number of allylic oxidation sites excluding steroid dienone is 20. The number of aliphatic carboxylic acids is 1. The molecule has 0 saturated heterocycles. The van der Waals surface area contributed by atoms with Gasteiger partial charge < -0.3 is 28.5 Å². The summed E-state index contributed by atoms with van der Waals surface area (Å²) in [5, 5.41) is 9.65. The molecule has 0 amide bonds. The zero-order valence-corrected chi connectivity index (χ0v) is 39.9. The Morgan fingerprint density at radius 2 is 0.873 bits per heavy atom. The Labute approximate surface area is 383 Å². The number of esters is 2. The number of rotatable bonds is 41. The van der Waals surface area contributed by atoms with Crippen LogP contribution in [0.5, 0.6) is 0 Å². The van der Waals surface area contributed by atoms with Gasteiger partial charge in [0, 0.05) is 12.8 Å². The minimum absolute atomic E-state index is 0.166. The Morgan fingerprint density at radius 1 is 0.476 bits per heavy atom. The fourth-order valence-electron chi connectivity index (χ4n) is 5.60. The van der Waals surface area contributed by atoms with Gasteiger partial charge in [0.05, 0.1) is 34.4 Å². The highest BCUT2D eigenvalue weighted by Crippen LogP contribution is 2.11. The van der Waals surface area contributed by atoms with Crippen molar-refractivity contribution in [3.63, 3.8) is 0 Å². The first-order chi connectivity index (χ1) is 30.6. The zero-order valence-electron chi connectivity index (χ0n) is 39.9. The molecule has 0 aromatic heterocycles. The van der Waals surface area contributed by atoms with Crippen molar-refractivity contribution in [3.8, 4) is 0 Å². The van der Waals surface area contributed by atoms with Crippen molar-refractivity contribution >= 4 is 17.9 Å². The second kappa shape index (κ2) is 44.3. The molecule has 9 nitrogen and oxygen atoms in total. The zero-order chi connectivity index (χ0) is 46.3. The number of unbranched alkanes of at least 4 members (excludes halogenated alkanes) is 6. The van der Waals surface area contributed by atoms with Crippen LogP contribution in [0.2, 0.25) is 0 Å². The SMILES string of the molecule is CC/C=C\C/C=C\C/C=C\C/C=C\C/C=C\C/C=C\C/C=C\CCCC(=O)OC(COC(=O)CCCCCCC/C=C\C/C=C\C/C=C\CC)COC(OCC[N+](C)(C)C)C(=O)O. The number of carbonyl (C=O) groups excluding carboxylic acids is 2. The predicted octanol–water partition coefficient (Wildman–Crippen LogP) is 13.0. The standard InChI is InChI=1S/C54H85NO8/c1-6-8-10-12-14-16-18-20-22-23-24-25-26-27-28-29-31-33-35-37-39-41-43-45-52(57)63-50(49-62-54(53(58)59)60-47-46-55(3,4)5)48-61-51(56)44-42-40-38-36-34-32-30-21-19-17-15-13-11-9-7-2/h8-11,14-17,20-22,24-25,27-28,30-31,33,37,39,50,54H,6-7,12-13,18-19,23,26,29,32,34-36,38,40-49H2,1-5H3/p+1/b10-8-,11-9-,16-14-,17-15-,22-20-,25-24-,28-27-,30-21-,33-31-,39-37-. The maximum atomic E-state index is 12.8. The van der Waals surface area contributed by atoms with Crippen molar-refractivity contribution in [2.24, 2.45) is 0 Å². The smallest absolute Gasteiger partial charge is 0.361 e. The van der Waals surface area contributed by atoms with E-state index >= 15 is 0 Å². The van der Waals surface area contributed by atoms with Gasteiger partial charge in [0.15, 0.2) is 6.10 Å². The molecule has 0 aliphatic rings. The number of hydrogen-bond donors (Lipinski definition) is 1. The first-order valence-electron chi connectivity index (χ1n) is 23.7. The van der Waals surface area contributed by atoms with Crippen LogP contribution in [0.15, 0.2) is 122 Å². The molecule has 0 rings (SSSR count). The molecule has 0 aliphatic heterocycles. The number of carboxylic acid groups (broad SMARTS) is 1. The summed E-state index contributed by atoms with van der Waals surface area (Å²) in [6, 6.07) is 0. The second-order valence-corrected chi connectivity index (χ2v) is 16.3. The van der Waals surface area contributed by atoms with Gasteiger partial charge in [-0.2, -0.15) is 0 Å². The van der Waals surface area contributed by atoms with E-state index < -0.39 is 24.3 Å². The van der Waals surface area contributed by atoms with Crippen molar-refractivity contribution in [2.45, 2.75) is 155 Å². The summed E-state index contributed by atoms with van der Waals surface area (Å²) in [5.74, 6) is -2.13. The molecule has 2 unspecified atom stereocenters. The van der Waals surface area contributed by atoms with Crippen LogP contribution in [0.1, 0.15) is 142 Å². The van der Waals surface area contributed by atoms with E-state index in [1.165, 1.54) is 0 Å². The quantitative estimate of drug-likeness (QED) is 0.0213. The average Bonchev–Trinajstić information content (AvgIpc) is 3.24. The van der Waals surface area contributed by atoms with E-state index in [1.807, 2.05) is 27.2 Å². The highest BCUT2D eigenvalue weighted by Gasteiger charge is 2.25. The third-order valence-corrected chi connectivity index (χ3v) is 9.21. The maximum Gasteiger partial charge on any atom is 0.361 e. The van der Waals surface area contributed by atoms with Crippen LogP contribution in [0.4, 0.5) is 0 Å². The molecule has 0 saturated carbocycles. The van der Waals surface area contributed by atoms with Crippen LogP contribution in [0, 0.1) is 0 Å². The Kier molecular flexibility index (Phi) is 41.3. The van der Waals surface area contributed by atoms with Gasteiger partial charge in [-0.05, 0) is 96.3 Å². The lowest BCUT2D eigenvalue weighted by atomic mass is 10.1. The average molecular weight is 877 g/mol. The first kappa shape index (κ1) is 58.7. The van der Waals surface area contributed by atoms with Crippen molar-refractivity contribution in [1.82, 2.24) is 0 Å². The first-order valence-corrected chi connectivity index (χ1v) is 23.7. The predicted molar refractivity (Wildman–Crippen MR) is 262 cm³/mol. The van der Waals surface area contributed by atoms with E-state index in [2.05, 4.69) is 129 Å². The monoisotopic (exact) mass is 877 g/mol. The number of carbonyl (C=O) groups is 3. The minimum Gasteiger partial charge on any atom is -0.477 e. The number of hydrogen-bond acceptors (Lipinski definition) is 7. The van der Waals surface area contributed by atoms with Crippen LogP contribution in [-0.4, -0.2) is 87.4 Å². The highest BCUT2D eigenvalue weighted by atomic mass is 16.7. The van der Waals surface area contributed by atoms with Gasteiger partial charge in [-0.25, -0.2) is 4.79 Å². The van der Waals surface area contributed by atoms with Gasteiger partial charge >= 0.3 is 17.9 Å². The lowest BCUT2D eigenvalue weighted by molar-refractivity contribution is -0.870. The molecule has 0 bridgehead atoms. The molecule has 0 aromatic rings. The van der Waals surface area contributed by atoms with E-state index in [-0.39, 0.29) is 38.6 Å². The van der Waals surface area contributed by atoms with Gasteiger partial charge in [0.1, 0.15) is 13.2 Å². The van der Waals surface area contributed by atoms with E-state index in [4.69, 9.17) is 18.9 Å². The maximum absolute atomic E-state index is 12.8. The van der Waals surface area contributed by atoms with Crippen LogP contribution in [0.3, 0.4) is 0 Å². The fourth-order valence-corrected chi connectivity index (χ4v) is 5.60. The summed E-state index contributed by atoms with van der Waals surface area (Å²) in [6.07, 6.45) is 58.4. The molecule has 0 radical (unpaired) electrons. The summed E-state index contributed by atoms with van der Waals surface area (Å²) >= 11 is 0. The Hall–Kier alpha value is -4.31. The highest BCUT2D eigenvalue weighted by molar-refractivity contribution is 5.71. The van der Waals surface area contributed by atoms with E-state index in [9.17, 15) is 19.5 Å². The molecule has 2 atom stereocenters. The topological polar surface area (TPSA) is 108 Å². The molecular weight excluding hydrogens is 791 g/mol. The van der Waals surface area contributed by atoms with E-state index in [0.29, 0.717) is 30.3 Å². The Balaban J connectivity index is 4.56. The van der Waals surface area contributed by atoms with Crippen molar-refractivity contribution < 1.29 is 42.9 Å². The Bertz CT molecular complexity index is 1440. The summed E-state index contributed by atoms with van der Waals surface area (Å²) in [5.41, 5.74) is 0. The summed E-state index contributed by atoms with van der Waals surface area (Å²) in [7, 11) is 5.92. The molecule has 0 aliphatic carbocycles. The lowest BCUT2D eigenvalue weighted by Gasteiger charge is -2.25. The number of carboxylic acids is 1. The molecule has 0 aromatic carbocycles. The van der Waals surface area contributed by atoms with Crippen LogP contribution in [-0.2, 0) is 33.3 Å². The van der Waals surface area contributed by atoms with Gasteiger partial charge in [-0.1, -0.05) is 155 Å². The normalized spacial score (nSPS) is 14.0. The van der Waals surface area contributed by atoms with Gasteiger partial charge in [0.25, 0.3) is 6.29 Å². The van der Waals surface area contributed by atoms with Gasteiger partial charge in [-0.15, -0.1) is 0 Å². The van der Waals surface area contributed by atoms with E-state index in [0.717, 1.165) is 96.3 Å². The lowest BCUT2D eigenvalue weighted by Crippen LogP contribution is -2.40. The Morgan fingerprint density at radius 3 is 1.32 bits per heavy atom. The number of likely N-dealkylation sites (N-methyl/N-ethyl adjacent to an activating group) is 1.